The van der Waals surface area contributed by atoms with Crippen LogP contribution in [-0.4, -0.2) is 4.37 Å². The van der Waals surface area contributed by atoms with Gasteiger partial charge in [-0.3, -0.25) is 0 Å². The van der Waals surface area contributed by atoms with Crippen LogP contribution in [0.5, 0.6) is 0 Å². The van der Waals surface area contributed by atoms with Crippen molar-refractivity contribution >= 4 is 21.6 Å². The smallest absolute Gasteiger partial charge is 0.0587 e. The summed E-state index contributed by atoms with van der Waals surface area (Å²) >= 11 is 1.62. The number of nitrogens with zero attached hydrogens (tertiary/aromatic N) is 1. The third-order valence-electron chi connectivity index (χ3n) is 2.83. The van der Waals surface area contributed by atoms with Crippen LogP contribution in [0.15, 0.2) is 18.3 Å². The van der Waals surface area contributed by atoms with E-state index < -0.39 is 0 Å². The second kappa shape index (κ2) is 3.93. The number of benzene rings is 1. The van der Waals surface area contributed by atoms with Gasteiger partial charge in [0.15, 0.2) is 0 Å². The summed E-state index contributed by atoms with van der Waals surface area (Å²) in [7, 11) is 0. The summed E-state index contributed by atoms with van der Waals surface area (Å²) in [6, 6.07) is 4.53. The van der Waals surface area contributed by atoms with E-state index in [1.54, 1.807) is 11.5 Å². The van der Waals surface area contributed by atoms with E-state index in [-0.39, 0.29) is 0 Å². The van der Waals surface area contributed by atoms with Gasteiger partial charge in [0.25, 0.3) is 0 Å². The fraction of sp³-hybridized carbons (Fsp3) is 0.462. The van der Waals surface area contributed by atoms with Crippen LogP contribution in [0.1, 0.15) is 50.7 Å². The Morgan fingerprint density at radius 3 is 2.20 bits per heavy atom. The molecule has 0 aliphatic carbocycles. The van der Waals surface area contributed by atoms with E-state index in [1.807, 2.05) is 6.20 Å². The van der Waals surface area contributed by atoms with Gasteiger partial charge in [-0.1, -0.05) is 39.8 Å². The summed E-state index contributed by atoms with van der Waals surface area (Å²) in [5.41, 5.74) is 2.85. The highest BCUT2D eigenvalue weighted by Gasteiger charge is 2.12. The number of hydrogen-bond donors (Lipinski definition) is 0. The molecule has 0 bridgehead atoms. The van der Waals surface area contributed by atoms with Crippen LogP contribution in [0.4, 0.5) is 0 Å². The van der Waals surface area contributed by atoms with Gasteiger partial charge in [-0.15, -0.1) is 0 Å². The number of hydrogen-bond acceptors (Lipinski definition) is 2. The summed E-state index contributed by atoms with van der Waals surface area (Å²) in [6.45, 7) is 8.95. The molecule has 1 nitrogen and oxygen atoms in total. The van der Waals surface area contributed by atoms with Crippen LogP contribution in [0, 0.1) is 0 Å². The molecule has 1 aromatic heterocycles. The van der Waals surface area contributed by atoms with Crippen LogP contribution in [-0.2, 0) is 0 Å². The molecule has 0 spiro atoms. The number of aromatic nitrogens is 1. The lowest BCUT2D eigenvalue weighted by molar-refractivity contribution is 0.861. The van der Waals surface area contributed by atoms with Crippen LogP contribution < -0.4 is 0 Å². The second-order valence-corrected chi connectivity index (χ2v) is 5.42. The zero-order valence-electron chi connectivity index (χ0n) is 9.74. The first kappa shape index (κ1) is 10.6. The normalized spacial score (nSPS) is 11.9. The molecular formula is C13H17NS. The minimum absolute atomic E-state index is 0.574. The molecule has 1 heterocycles. The minimum Gasteiger partial charge on any atom is -0.200 e. The van der Waals surface area contributed by atoms with Crippen LogP contribution in [0.3, 0.4) is 0 Å². The van der Waals surface area contributed by atoms with Gasteiger partial charge in [-0.05, 0) is 34.5 Å². The van der Waals surface area contributed by atoms with Crippen molar-refractivity contribution in [3.8, 4) is 0 Å². The van der Waals surface area contributed by atoms with Gasteiger partial charge < -0.3 is 0 Å². The third kappa shape index (κ3) is 1.78. The van der Waals surface area contributed by atoms with E-state index in [0.717, 1.165) is 0 Å². The van der Waals surface area contributed by atoms with Crippen LogP contribution in [0.25, 0.3) is 10.1 Å². The van der Waals surface area contributed by atoms with Gasteiger partial charge in [-0.2, -0.15) is 4.37 Å². The standard InChI is InChI=1S/C13H17NS/c1-8(2)10-5-6-11(9(3)4)13-12(10)7-14-15-13/h5-9H,1-4H3. The molecule has 0 unspecified atom stereocenters. The van der Waals surface area contributed by atoms with E-state index in [9.17, 15) is 0 Å². The van der Waals surface area contributed by atoms with Crippen molar-refractivity contribution in [3.63, 3.8) is 0 Å². The topological polar surface area (TPSA) is 12.9 Å². The molecule has 0 aliphatic rings. The lowest BCUT2D eigenvalue weighted by atomic mass is 9.94. The molecule has 0 saturated heterocycles. The molecule has 0 radical (unpaired) electrons. The van der Waals surface area contributed by atoms with Crippen LogP contribution in [0.2, 0.25) is 0 Å². The molecule has 0 saturated carbocycles. The number of fused-ring (bicyclic) bond motifs is 1. The van der Waals surface area contributed by atoms with E-state index in [1.165, 1.54) is 21.2 Å². The van der Waals surface area contributed by atoms with Crippen molar-refractivity contribution in [1.82, 2.24) is 4.37 Å². The summed E-state index contributed by atoms with van der Waals surface area (Å²) in [5.74, 6) is 1.15. The van der Waals surface area contributed by atoms with Crippen LogP contribution >= 0.6 is 11.5 Å². The minimum atomic E-state index is 0.574. The van der Waals surface area contributed by atoms with Gasteiger partial charge in [0.1, 0.15) is 0 Å². The fourth-order valence-electron chi connectivity index (χ4n) is 1.96. The predicted octanol–water partition coefficient (Wildman–Crippen LogP) is 4.54. The molecule has 80 valence electrons. The van der Waals surface area contributed by atoms with Crippen molar-refractivity contribution < 1.29 is 0 Å². The lowest BCUT2D eigenvalue weighted by Gasteiger charge is -2.11. The van der Waals surface area contributed by atoms with Gasteiger partial charge in [0.05, 0.1) is 4.70 Å². The predicted molar refractivity (Wildman–Crippen MR) is 67.8 cm³/mol. The Bertz CT molecular complexity index is 426. The van der Waals surface area contributed by atoms with Gasteiger partial charge >= 0.3 is 0 Å². The zero-order chi connectivity index (χ0) is 11.0. The highest BCUT2D eigenvalue weighted by atomic mass is 32.1. The summed E-state index contributed by atoms with van der Waals surface area (Å²) in [4.78, 5) is 0. The maximum Gasteiger partial charge on any atom is 0.0587 e. The largest absolute Gasteiger partial charge is 0.200 e. The lowest BCUT2D eigenvalue weighted by Crippen LogP contribution is -1.92. The molecule has 0 aliphatic heterocycles. The summed E-state index contributed by atoms with van der Waals surface area (Å²) in [6.07, 6.45) is 2.02. The molecule has 15 heavy (non-hydrogen) atoms. The Labute approximate surface area is 95.3 Å². The molecule has 0 amide bonds. The highest BCUT2D eigenvalue weighted by molar-refractivity contribution is 7.13. The fourth-order valence-corrected chi connectivity index (χ4v) is 2.90. The average molecular weight is 219 g/mol. The Balaban J connectivity index is 2.71. The summed E-state index contributed by atoms with van der Waals surface area (Å²) in [5, 5.41) is 1.35. The molecule has 2 heteroatoms. The summed E-state index contributed by atoms with van der Waals surface area (Å²) < 4.78 is 5.70. The van der Waals surface area contributed by atoms with Crippen molar-refractivity contribution in [2.75, 3.05) is 0 Å². The highest BCUT2D eigenvalue weighted by Crippen LogP contribution is 2.33. The van der Waals surface area contributed by atoms with Gasteiger partial charge in [0, 0.05) is 11.6 Å². The Morgan fingerprint density at radius 1 is 1.00 bits per heavy atom. The van der Waals surface area contributed by atoms with E-state index in [0.29, 0.717) is 11.8 Å². The molecule has 1 aromatic carbocycles. The van der Waals surface area contributed by atoms with Gasteiger partial charge in [-0.25, -0.2) is 0 Å². The molecule has 2 rings (SSSR count). The monoisotopic (exact) mass is 219 g/mol. The van der Waals surface area contributed by atoms with E-state index >= 15 is 0 Å². The van der Waals surface area contributed by atoms with Crippen molar-refractivity contribution in [3.05, 3.63) is 29.5 Å². The Kier molecular flexibility index (Phi) is 2.79. The second-order valence-electron chi connectivity index (χ2n) is 4.62. The van der Waals surface area contributed by atoms with Gasteiger partial charge in [0.2, 0.25) is 0 Å². The maximum absolute atomic E-state index is 4.33. The zero-order valence-corrected chi connectivity index (χ0v) is 10.6. The van der Waals surface area contributed by atoms with Crippen molar-refractivity contribution in [1.29, 1.82) is 0 Å². The quantitative estimate of drug-likeness (QED) is 0.722. The molecule has 0 N–H and O–H groups in total. The first-order valence-corrected chi connectivity index (χ1v) is 6.25. The average Bonchev–Trinajstić information content (AvgIpc) is 2.63. The molecular weight excluding hydrogens is 202 g/mol. The van der Waals surface area contributed by atoms with Crippen molar-refractivity contribution in [2.45, 2.75) is 39.5 Å². The third-order valence-corrected chi connectivity index (χ3v) is 3.68. The molecule has 0 fully saturated rings. The first-order chi connectivity index (χ1) is 7.11. The number of rotatable bonds is 2. The SMILES string of the molecule is CC(C)c1ccc(C(C)C)c2sncc12. The van der Waals surface area contributed by atoms with Crippen molar-refractivity contribution in [2.24, 2.45) is 0 Å². The Hall–Kier alpha value is -0.890. The van der Waals surface area contributed by atoms with E-state index in [2.05, 4.69) is 44.2 Å². The molecule has 2 aromatic rings. The molecule has 0 atom stereocenters. The Morgan fingerprint density at radius 2 is 1.60 bits per heavy atom. The maximum atomic E-state index is 4.33. The van der Waals surface area contributed by atoms with E-state index in [4.69, 9.17) is 0 Å². The first-order valence-electron chi connectivity index (χ1n) is 5.48.